The fourth-order valence-electron chi connectivity index (χ4n) is 4.02. The first kappa shape index (κ1) is 21.3. The lowest BCUT2D eigenvalue weighted by Gasteiger charge is -2.30. The van der Waals surface area contributed by atoms with E-state index in [1.165, 1.54) is 22.5 Å². The summed E-state index contributed by atoms with van der Waals surface area (Å²) in [6, 6.07) is 16.4. The predicted octanol–water partition coefficient (Wildman–Crippen LogP) is 3.90. The average molecular weight is 483 g/mol. The van der Waals surface area contributed by atoms with Gasteiger partial charge >= 0.3 is 5.69 Å². The van der Waals surface area contributed by atoms with Crippen molar-refractivity contribution < 1.29 is 13.2 Å². The van der Waals surface area contributed by atoms with Crippen LogP contribution < -0.4 is 15.3 Å². The number of halogens is 1. The molecule has 0 radical (unpaired) electrons. The van der Waals surface area contributed by atoms with E-state index in [0.717, 1.165) is 12.0 Å². The Bertz CT molecular complexity index is 1560. The molecule has 0 spiro atoms. The van der Waals surface area contributed by atoms with Gasteiger partial charge in [-0.3, -0.25) is 9.10 Å². The lowest BCUT2D eigenvalue weighted by atomic mass is 10.0. The molecular formula is C23H19ClN4O4S. The van der Waals surface area contributed by atoms with E-state index in [1.54, 1.807) is 24.3 Å². The number of fused-ring (bicyclic) bond motifs is 2. The number of nitrogens with zero attached hydrogens (tertiary/aromatic N) is 1. The van der Waals surface area contributed by atoms with Crippen molar-refractivity contribution in [2.24, 2.45) is 0 Å². The summed E-state index contributed by atoms with van der Waals surface area (Å²) in [6.07, 6.45) is 1.52. The molecule has 0 aliphatic carbocycles. The number of amides is 1. The van der Waals surface area contributed by atoms with Crippen LogP contribution in [0.4, 0.5) is 11.4 Å². The highest BCUT2D eigenvalue weighted by molar-refractivity contribution is 7.92. The Balaban J connectivity index is 1.47. The Morgan fingerprint density at radius 2 is 1.79 bits per heavy atom. The van der Waals surface area contributed by atoms with E-state index < -0.39 is 15.9 Å². The smallest absolute Gasteiger partial charge is 0.322 e. The highest BCUT2D eigenvalue weighted by atomic mass is 35.5. The number of sulfonamides is 1. The first-order chi connectivity index (χ1) is 15.8. The van der Waals surface area contributed by atoms with Gasteiger partial charge in [-0.2, -0.15) is 0 Å². The number of hydrogen-bond donors (Lipinski definition) is 3. The number of nitrogens with one attached hydrogen (secondary N) is 3. The van der Waals surface area contributed by atoms with Crippen molar-refractivity contribution in [3.05, 3.63) is 87.3 Å². The summed E-state index contributed by atoms with van der Waals surface area (Å²) in [4.78, 5) is 29.6. The zero-order valence-electron chi connectivity index (χ0n) is 17.3. The quantitative estimate of drug-likeness (QED) is 0.409. The van der Waals surface area contributed by atoms with Gasteiger partial charge < -0.3 is 15.3 Å². The van der Waals surface area contributed by atoms with Gasteiger partial charge in [0.1, 0.15) is 0 Å². The summed E-state index contributed by atoms with van der Waals surface area (Å²) in [5, 5.41) is 2.83. The Kier molecular flexibility index (Phi) is 5.22. The number of aromatic nitrogens is 2. The summed E-state index contributed by atoms with van der Waals surface area (Å²) in [7, 11) is -3.90. The standard InChI is InChI=1S/C23H19ClN4O4S/c24-18-9-8-16(33(31,32)28-11-3-5-14-4-1-2-6-21(14)28)13-17(18)22(29)25-15-7-10-19-20(12-15)27-23(30)26-19/h1-2,4,6-10,12-13H,3,5,11H2,(H,25,29)(H2,26,27,30). The molecule has 0 atom stereocenters. The first-order valence-electron chi connectivity index (χ1n) is 10.3. The molecule has 0 saturated heterocycles. The van der Waals surface area contributed by atoms with Crippen LogP contribution in [-0.2, 0) is 16.4 Å². The van der Waals surface area contributed by atoms with Gasteiger partial charge in [-0.15, -0.1) is 0 Å². The van der Waals surface area contributed by atoms with Gasteiger partial charge in [-0.25, -0.2) is 13.2 Å². The minimum atomic E-state index is -3.90. The van der Waals surface area contributed by atoms with Crippen LogP contribution in [0.2, 0.25) is 5.02 Å². The number of benzene rings is 3. The molecule has 2 heterocycles. The van der Waals surface area contributed by atoms with Crippen LogP contribution in [0, 0.1) is 0 Å². The van der Waals surface area contributed by atoms with E-state index in [2.05, 4.69) is 15.3 Å². The molecule has 0 unspecified atom stereocenters. The maximum Gasteiger partial charge on any atom is 0.323 e. The Morgan fingerprint density at radius 3 is 2.64 bits per heavy atom. The van der Waals surface area contributed by atoms with Gasteiger partial charge in [0, 0.05) is 12.2 Å². The average Bonchev–Trinajstić information content (AvgIpc) is 3.18. The maximum absolute atomic E-state index is 13.5. The fourth-order valence-corrected chi connectivity index (χ4v) is 5.79. The molecule has 3 N–H and O–H groups in total. The van der Waals surface area contributed by atoms with Gasteiger partial charge in [-0.05, 0) is 60.9 Å². The van der Waals surface area contributed by atoms with Crippen LogP contribution in [0.1, 0.15) is 22.3 Å². The van der Waals surface area contributed by atoms with Gasteiger partial charge in [0.05, 0.1) is 32.2 Å². The number of aromatic amines is 2. The minimum Gasteiger partial charge on any atom is -0.322 e. The van der Waals surface area contributed by atoms with E-state index in [-0.39, 0.29) is 21.2 Å². The minimum absolute atomic E-state index is 0.0147. The number of carbonyl (C=O) groups is 1. The van der Waals surface area contributed by atoms with Crippen molar-refractivity contribution >= 4 is 49.9 Å². The molecule has 1 amide bonds. The van der Waals surface area contributed by atoms with Crippen LogP contribution in [-0.4, -0.2) is 30.8 Å². The number of aryl methyl sites for hydroxylation is 1. The molecule has 0 saturated carbocycles. The predicted molar refractivity (Wildman–Crippen MR) is 128 cm³/mol. The zero-order valence-corrected chi connectivity index (χ0v) is 18.8. The van der Waals surface area contributed by atoms with Crippen molar-refractivity contribution in [1.29, 1.82) is 0 Å². The molecule has 1 aliphatic heterocycles. The summed E-state index contributed by atoms with van der Waals surface area (Å²) >= 11 is 6.25. The largest absolute Gasteiger partial charge is 0.323 e. The number of imidazole rings is 1. The second-order valence-corrected chi connectivity index (χ2v) is 10.0. The summed E-state index contributed by atoms with van der Waals surface area (Å²) < 4.78 is 28.3. The van der Waals surface area contributed by atoms with Gasteiger partial charge in [0.25, 0.3) is 15.9 Å². The Morgan fingerprint density at radius 1 is 1.00 bits per heavy atom. The van der Waals surface area contributed by atoms with E-state index in [9.17, 15) is 18.0 Å². The number of carbonyl (C=O) groups excluding carboxylic acids is 1. The summed E-state index contributed by atoms with van der Waals surface area (Å²) in [5.74, 6) is -0.562. The highest BCUT2D eigenvalue weighted by Crippen LogP contribution is 2.33. The Labute approximate surface area is 194 Å². The van der Waals surface area contributed by atoms with Gasteiger partial charge in [0.15, 0.2) is 0 Å². The van der Waals surface area contributed by atoms with Crippen molar-refractivity contribution in [2.45, 2.75) is 17.7 Å². The van der Waals surface area contributed by atoms with Crippen LogP contribution in [0.25, 0.3) is 11.0 Å². The normalized spacial score (nSPS) is 13.7. The third kappa shape index (κ3) is 3.90. The molecule has 1 aliphatic rings. The molecule has 0 bridgehead atoms. The fraction of sp³-hybridized carbons (Fsp3) is 0.130. The molecule has 0 fully saturated rings. The second-order valence-electron chi connectivity index (χ2n) is 7.74. The number of rotatable bonds is 4. The number of hydrogen-bond acceptors (Lipinski definition) is 4. The third-order valence-electron chi connectivity index (χ3n) is 5.61. The van der Waals surface area contributed by atoms with Gasteiger partial charge in [-0.1, -0.05) is 29.8 Å². The SMILES string of the molecule is O=C(Nc1ccc2[nH]c(=O)[nH]c2c1)c1cc(S(=O)(=O)N2CCCc3ccccc32)ccc1Cl. The molecule has 1 aromatic heterocycles. The Hall–Kier alpha value is -3.56. The lowest BCUT2D eigenvalue weighted by molar-refractivity contribution is 0.102. The molecule has 8 nitrogen and oxygen atoms in total. The molecule has 33 heavy (non-hydrogen) atoms. The number of H-pyrrole nitrogens is 2. The molecular weight excluding hydrogens is 464 g/mol. The monoisotopic (exact) mass is 482 g/mol. The molecule has 3 aromatic carbocycles. The van der Waals surface area contributed by atoms with Crippen LogP contribution >= 0.6 is 11.6 Å². The number of anilines is 2. The number of para-hydroxylation sites is 1. The first-order valence-corrected chi connectivity index (χ1v) is 12.1. The summed E-state index contributed by atoms with van der Waals surface area (Å²) in [6.45, 7) is 0.360. The van der Waals surface area contributed by atoms with Crippen LogP contribution in [0.15, 0.2) is 70.4 Å². The lowest BCUT2D eigenvalue weighted by Crippen LogP contribution is -2.35. The van der Waals surface area contributed by atoms with E-state index >= 15 is 0 Å². The summed E-state index contributed by atoms with van der Waals surface area (Å²) in [5.41, 5.74) is 2.86. The van der Waals surface area contributed by atoms with Crippen molar-refractivity contribution in [1.82, 2.24) is 9.97 Å². The zero-order chi connectivity index (χ0) is 23.2. The topological polar surface area (TPSA) is 115 Å². The molecule has 4 aromatic rings. The maximum atomic E-state index is 13.5. The van der Waals surface area contributed by atoms with Gasteiger partial charge in [0.2, 0.25) is 0 Å². The second kappa shape index (κ2) is 8.09. The van der Waals surface area contributed by atoms with E-state index in [4.69, 9.17) is 11.6 Å². The highest BCUT2D eigenvalue weighted by Gasteiger charge is 2.30. The van der Waals surface area contributed by atoms with Crippen molar-refractivity contribution in [3.8, 4) is 0 Å². The van der Waals surface area contributed by atoms with Crippen molar-refractivity contribution in [3.63, 3.8) is 0 Å². The molecule has 168 valence electrons. The van der Waals surface area contributed by atoms with Crippen LogP contribution in [0.5, 0.6) is 0 Å². The molecule has 5 rings (SSSR count). The van der Waals surface area contributed by atoms with E-state index in [1.807, 2.05) is 18.2 Å². The third-order valence-corrected chi connectivity index (χ3v) is 7.75. The molecule has 10 heteroatoms. The van der Waals surface area contributed by atoms with Crippen molar-refractivity contribution in [2.75, 3.05) is 16.2 Å². The van der Waals surface area contributed by atoms with E-state index in [0.29, 0.717) is 35.4 Å². The van der Waals surface area contributed by atoms with Crippen LogP contribution in [0.3, 0.4) is 0 Å².